The van der Waals surface area contributed by atoms with Gasteiger partial charge in [-0.3, -0.25) is 4.79 Å². The fourth-order valence-corrected chi connectivity index (χ4v) is 2.20. The molecule has 0 aliphatic carbocycles. The van der Waals surface area contributed by atoms with Gasteiger partial charge in [-0.25, -0.2) is 0 Å². The van der Waals surface area contributed by atoms with E-state index in [9.17, 15) is 4.79 Å². The van der Waals surface area contributed by atoms with E-state index < -0.39 is 5.97 Å². The number of furan rings is 1. The second-order valence-electron chi connectivity index (χ2n) is 3.92. The van der Waals surface area contributed by atoms with Crippen molar-refractivity contribution in [2.45, 2.75) is 6.54 Å². The Bertz CT molecular complexity index is 585. The zero-order valence-corrected chi connectivity index (χ0v) is 12.2. The Morgan fingerprint density at radius 3 is 2.79 bits per heavy atom. The predicted octanol–water partition coefficient (Wildman–Crippen LogP) is 3.79. The van der Waals surface area contributed by atoms with Gasteiger partial charge in [0.05, 0.1) is 17.3 Å². The Morgan fingerprint density at radius 2 is 2.21 bits per heavy atom. The minimum Gasteiger partial charge on any atom is -0.480 e. The number of aliphatic carboxylic acids is 1. The lowest BCUT2D eigenvalue weighted by Crippen LogP contribution is -2.29. The highest BCUT2D eigenvalue weighted by Crippen LogP contribution is 2.24. The van der Waals surface area contributed by atoms with Crippen molar-refractivity contribution in [2.75, 3.05) is 11.4 Å². The molecule has 0 atom stereocenters. The summed E-state index contributed by atoms with van der Waals surface area (Å²) in [6.45, 7) is 0.216. The van der Waals surface area contributed by atoms with E-state index in [0.717, 1.165) is 10.2 Å². The molecule has 100 valence electrons. The molecule has 2 rings (SSSR count). The first kappa shape index (κ1) is 14.0. The molecule has 1 N–H and O–H groups in total. The normalized spacial score (nSPS) is 10.4. The van der Waals surface area contributed by atoms with Crippen molar-refractivity contribution in [1.82, 2.24) is 0 Å². The van der Waals surface area contributed by atoms with Crippen molar-refractivity contribution in [3.05, 3.63) is 51.9 Å². The first-order chi connectivity index (χ1) is 9.06. The Labute approximate surface area is 123 Å². The van der Waals surface area contributed by atoms with E-state index in [1.54, 1.807) is 35.4 Å². The molecule has 2 aromatic rings. The van der Waals surface area contributed by atoms with Crippen molar-refractivity contribution >= 4 is 39.2 Å². The zero-order chi connectivity index (χ0) is 13.8. The van der Waals surface area contributed by atoms with E-state index in [0.29, 0.717) is 17.3 Å². The number of anilines is 1. The number of nitrogens with zero attached hydrogens (tertiary/aromatic N) is 1. The fraction of sp³-hybridized carbons (Fsp3) is 0.154. The quantitative estimate of drug-likeness (QED) is 0.896. The van der Waals surface area contributed by atoms with Crippen molar-refractivity contribution in [3.8, 4) is 0 Å². The van der Waals surface area contributed by atoms with E-state index in [2.05, 4.69) is 15.9 Å². The second-order valence-corrected chi connectivity index (χ2v) is 5.21. The van der Waals surface area contributed by atoms with E-state index in [-0.39, 0.29) is 6.54 Å². The average Bonchev–Trinajstić information content (AvgIpc) is 2.74. The topological polar surface area (TPSA) is 53.7 Å². The van der Waals surface area contributed by atoms with Gasteiger partial charge in [-0.2, -0.15) is 0 Å². The van der Waals surface area contributed by atoms with Crippen LogP contribution in [-0.4, -0.2) is 17.6 Å². The summed E-state index contributed by atoms with van der Waals surface area (Å²) in [5.41, 5.74) is 0.734. The van der Waals surface area contributed by atoms with Gasteiger partial charge in [0.2, 0.25) is 0 Å². The molecule has 0 aliphatic heterocycles. The number of halogens is 2. The molecule has 0 fully saturated rings. The van der Waals surface area contributed by atoms with Gasteiger partial charge < -0.3 is 14.4 Å². The summed E-state index contributed by atoms with van der Waals surface area (Å²) in [7, 11) is 0. The van der Waals surface area contributed by atoms with Gasteiger partial charge in [0.15, 0.2) is 0 Å². The summed E-state index contributed by atoms with van der Waals surface area (Å²) in [6, 6.07) is 8.83. The molecule has 0 amide bonds. The monoisotopic (exact) mass is 343 g/mol. The van der Waals surface area contributed by atoms with Gasteiger partial charge in [-0.1, -0.05) is 17.7 Å². The summed E-state index contributed by atoms with van der Waals surface area (Å²) >= 11 is 9.29. The van der Waals surface area contributed by atoms with Crippen LogP contribution in [0.2, 0.25) is 5.02 Å². The van der Waals surface area contributed by atoms with Gasteiger partial charge in [0.1, 0.15) is 12.3 Å². The zero-order valence-electron chi connectivity index (χ0n) is 9.85. The Morgan fingerprint density at radius 1 is 1.42 bits per heavy atom. The van der Waals surface area contributed by atoms with Crippen LogP contribution in [0.25, 0.3) is 0 Å². The number of rotatable bonds is 5. The van der Waals surface area contributed by atoms with E-state index >= 15 is 0 Å². The standard InChI is InChI=1S/C13H11BrClNO3/c14-11-4-5-19-12(11)7-16(8-13(17)18)10-3-1-2-9(15)6-10/h1-6H,7-8H2,(H,17,18). The minimum atomic E-state index is -0.914. The maximum atomic E-state index is 11.0. The predicted molar refractivity (Wildman–Crippen MR) is 76.5 cm³/mol. The molecule has 4 nitrogen and oxygen atoms in total. The summed E-state index contributed by atoms with van der Waals surface area (Å²) in [6.07, 6.45) is 1.55. The van der Waals surface area contributed by atoms with Crippen molar-refractivity contribution < 1.29 is 14.3 Å². The third kappa shape index (κ3) is 3.75. The molecule has 1 aromatic carbocycles. The van der Waals surface area contributed by atoms with E-state index in [4.69, 9.17) is 21.1 Å². The number of hydrogen-bond donors (Lipinski definition) is 1. The van der Waals surface area contributed by atoms with Crippen LogP contribution in [-0.2, 0) is 11.3 Å². The molecular weight excluding hydrogens is 334 g/mol. The van der Waals surface area contributed by atoms with Crippen LogP contribution in [0.15, 0.2) is 45.5 Å². The first-order valence-electron chi connectivity index (χ1n) is 5.50. The summed E-state index contributed by atoms with van der Waals surface area (Å²) in [4.78, 5) is 12.6. The average molecular weight is 345 g/mol. The smallest absolute Gasteiger partial charge is 0.323 e. The summed E-state index contributed by atoms with van der Waals surface area (Å²) in [5, 5.41) is 9.56. The number of carboxylic acids is 1. The molecular formula is C13H11BrClNO3. The lowest BCUT2D eigenvalue weighted by atomic mass is 10.2. The van der Waals surface area contributed by atoms with Gasteiger partial charge >= 0.3 is 5.97 Å². The van der Waals surface area contributed by atoms with E-state index in [1.807, 2.05) is 6.07 Å². The summed E-state index contributed by atoms with van der Waals surface area (Å²) < 4.78 is 6.12. The fourth-order valence-electron chi connectivity index (χ4n) is 1.69. The molecule has 0 aliphatic rings. The number of hydrogen-bond acceptors (Lipinski definition) is 3. The van der Waals surface area contributed by atoms with Crippen LogP contribution < -0.4 is 4.90 Å². The number of carboxylic acid groups (broad SMARTS) is 1. The lowest BCUT2D eigenvalue weighted by molar-refractivity contribution is -0.135. The first-order valence-corrected chi connectivity index (χ1v) is 6.67. The largest absolute Gasteiger partial charge is 0.480 e. The highest BCUT2D eigenvalue weighted by Gasteiger charge is 2.15. The molecule has 1 aromatic heterocycles. The molecule has 0 spiro atoms. The third-order valence-corrected chi connectivity index (χ3v) is 3.47. The van der Waals surface area contributed by atoms with Crippen molar-refractivity contribution in [2.24, 2.45) is 0 Å². The van der Waals surface area contributed by atoms with Gasteiger partial charge in [0, 0.05) is 10.7 Å². The Balaban J connectivity index is 2.26. The van der Waals surface area contributed by atoms with Gasteiger partial charge in [-0.15, -0.1) is 0 Å². The van der Waals surface area contributed by atoms with Crippen molar-refractivity contribution in [1.29, 1.82) is 0 Å². The lowest BCUT2D eigenvalue weighted by Gasteiger charge is -2.22. The summed E-state index contributed by atoms with van der Waals surface area (Å²) in [5.74, 6) is -0.246. The number of carbonyl (C=O) groups is 1. The minimum absolute atomic E-state index is 0.131. The maximum absolute atomic E-state index is 11.0. The second kappa shape index (κ2) is 6.12. The van der Waals surface area contributed by atoms with E-state index in [1.165, 1.54) is 0 Å². The third-order valence-electron chi connectivity index (χ3n) is 2.52. The SMILES string of the molecule is O=C(O)CN(Cc1occc1Br)c1cccc(Cl)c1. The highest BCUT2D eigenvalue weighted by molar-refractivity contribution is 9.10. The van der Waals surface area contributed by atoms with Crippen LogP contribution in [0.5, 0.6) is 0 Å². The molecule has 0 unspecified atom stereocenters. The Hall–Kier alpha value is -1.46. The highest BCUT2D eigenvalue weighted by atomic mass is 79.9. The van der Waals surface area contributed by atoms with Gasteiger partial charge in [0.25, 0.3) is 0 Å². The molecule has 1 heterocycles. The molecule has 0 saturated heterocycles. The van der Waals surface area contributed by atoms with Gasteiger partial charge in [-0.05, 0) is 40.2 Å². The van der Waals surface area contributed by atoms with Crippen molar-refractivity contribution in [3.63, 3.8) is 0 Å². The molecule has 0 saturated carbocycles. The van der Waals surface area contributed by atoms with Crippen LogP contribution in [0.4, 0.5) is 5.69 Å². The maximum Gasteiger partial charge on any atom is 0.323 e. The van der Waals surface area contributed by atoms with Crippen LogP contribution >= 0.6 is 27.5 Å². The van der Waals surface area contributed by atoms with Crippen LogP contribution in [0, 0.1) is 0 Å². The molecule has 0 radical (unpaired) electrons. The molecule has 19 heavy (non-hydrogen) atoms. The molecule has 6 heteroatoms. The molecule has 0 bridgehead atoms. The number of benzene rings is 1. The Kier molecular flexibility index (Phi) is 4.50. The van der Waals surface area contributed by atoms with Crippen LogP contribution in [0.1, 0.15) is 5.76 Å². The van der Waals surface area contributed by atoms with Crippen LogP contribution in [0.3, 0.4) is 0 Å².